The van der Waals surface area contributed by atoms with Crippen LogP contribution in [0.25, 0.3) is 0 Å². The third-order valence-electron chi connectivity index (χ3n) is 5.89. The number of rotatable bonds is 10. The van der Waals surface area contributed by atoms with E-state index in [4.69, 9.17) is 18.9 Å². The number of nitrogens with one attached hydrogen (secondary N) is 1. The zero-order valence-corrected chi connectivity index (χ0v) is 20.2. The number of hydrogen-bond acceptors (Lipinski definition) is 6. The van der Waals surface area contributed by atoms with Gasteiger partial charge in [-0.05, 0) is 55.0 Å². The monoisotopic (exact) mass is 476 g/mol. The molecule has 0 saturated carbocycles. The van der Waals surface area contributed by atoms with Gasteiger partial charge in [0.15, 0.2) is 11.5 Å². The van der Waals surface area contributed by atoms with Gasteiger partial charge in [0.05, 0.1) is 33.0 Å². The molecular formula is C28H32N2O5. The third-order valence-corrected chi connectivity index (χ3v) is 5.89. The van der Waals surface area contributed by atoms with Gasteiger partial charge in [0, 0.05) is 25.2 Å². The van der Waals surface area contributed by atoms with Gasteiger partial charge in [-0.2, -0.15) is 0 Å². The summed E-state index contributed by atoms with van der Waals surface area (Å²) in [6.07, 6.45) is 0. The minimum absolute atomic E-state index is 0.0313. The molecular weight excluding hydrogens is 444 g/mol. The summed E-state index contributed by atoms with van der Waals surface area (Å²) in [6.45, 7) is 5.85. The molecule has 0 aromatic heterocycles. The van der Waals surface area contributed by atoms with Crippen LogP contribution in [0.4, 0.5) is 0 Å². The number of carbonyl (C=O) groups excluding carboxylic acids is 1. The van der Waals surface area contributed by atoms with Crippen LogP contribution in [0.3, 0.4) is 0 Å². The smallest absolute Gasteiger partial charge is 0.251 e. The molecule has 0 spiro atoms. The van der Waals surface area contributed by atoms with E-state index in [1.807, 2.05) is 67.6 Å². The van der Waals surface area contributed by atoms with Gasteiger partial charge in [0.2, 0.25) is 0 Å². The van der Waals surface area contributed by atoms with Crippen LogP contribution in [0.1, 0.15) is 28.9 Å². The van der Waals surface area contributed by atoms with E-state index in [-0.39, 0.29) is 11.9 Å². The molecule has 7 nitrogen and oxygen atoms in total. The Morgan fingerprint density at radius 3 is 2.49 bits per heavy atom. The number of para-hydroxylation sites is 1. The van der Waals surface area contributed by atoms with Crippen molar-refractivity contribution in [3.63, 3.8) is 0 Å². The van der Waals surface area contributed by atoms with E-state index in [0.29, 0.717) is 49.2 Å². The molecule has 1 atom stereocenters. The zero-order valence-electron chi connectivity index (χ0n) is 20.2. The lowest BCUT2D eigenvalue weighted by atomic mass is 10.0. The maximum Gasteiger partial charge on any atom is 0.251 e. The summed E-state index contributed by atoms with van der Waals surface area (Å²) in [5.74, 6) is 2.57. The first-order chi connectivity index (χ1) is 17.2. The lowest BCUT2D eigenvalue weighted by Gasteiger charge is -2.35. The molecule has 184 valence electrons. The first kappa shape index (κ1) is 24.6. The Labute approximate surface area is 206 Å². The Morgan fingerprint density at radius 2 is 1.74 bits per heavy atom. The summed E-state index contributed by atoms with van der Waals surface area (Å²) < 4.78 is 22.7. The highest BCUT2D eigenvalue weighted by molar-refractivity contribution is 5.94. The lowest BCUT2D eigenvalue weighted by molar-refractivity contribution is 0.0162. The van der Waals surface area contributed by atoms with Crippen molar-refractivity contribution in [2.24, 2.45) is 0 Å². The van der Waals surface area contributed by atoms with Gasteiger partial charge in [-0.25, -0.2) is 0 Å². The highest BCUT2D eigenvalue weighted by atomic mass is 16.5. The maximum absolute atomic E-state index is 13.1. The fourth-order valence-corrected chi connectivity index (χ4v) is 4.13. The van der Waals surface area contributed by atoms with Crippen LogP contribution in [0.5, 0.6) is 23.0 Å². The predicted octanol–water partition coefficient (Wildman–Crippen LogP) is 4.69. The molecule has 0 aliphatic carbocycles. The van der Waals surface area contributed by atoms with E-state index < -0.39 is 0 Å². The molecule has 0 radical (unpaired) electrons. The molecule has 3 aromatic rings. The van der Waals surface area contributed by atoms with Crippen LogP contribution >= 0.6 is 0 Å². The first-order valence-electron chi connectivity index (χ1n) is 11.9. The number of hydrogen-bond donors (Lipinski definition) is 1. The zero-order chi connectivity index (χ0) is 24.5. The number of amides is 1. The standard InChI is InChI=1S/C28H32N2O5/c1-3-34-26-13-12-21(19-27(26)32-2)25(30-14-16-33-17-15-30)20-29-28(31)22-8-7-11-24(18-22)35-23-9-5-4-6-10-23/h4-13,18-19,25H,3,14-17,20H2,1-2H3,(H,29,31)/t25-/m1/s1. The van der Waals surface area contributed by atoms with Crippen molar-refractivity contribution in [1.82, 2.24) is 10.2 Å². The lowest BCUT2D eigenvalue weighted by Crippen LogP contribution is -2.43. The highest BCUT2D eigenvalue weighted by Crippen LogP contribution is 2.32. The predicted molar refractivity (Wildman–Crippen MR) is 135 cm³/mol. The van der Waals surface area contributed by atoms with E-state index in [0.717, 1.165) is 24.4 Å². The Balaban J connectivity index is 1.49. The summed E-state index contributed by atoms with van der Waals surface area (Å²) in [5.41, 5.74) is 1.59. The molecule has 7 heteroatoms. The van der Waals surface area contributed by atoms with Gasteiger partial charge >= 0.3 is 0 Å². The van der Waals surface area contributed by atoms with E-state index in [9.17, 15) is 4.79 Å². The van der Waals surface area contributed by atoms with Crippen LogP contribution < -0.4 is 19.5 Å². The summed E-state index contributed by atoms with van der Waals surface area (Å²) in [6, 6.07) is 22.6. The normalized spacial score (nSPS) is 14.7. The van der Waals surface area contributed by atoms with Crippen LogP contribution in [0.2, 0.25) is 0 Å². The molecule has 1 aliphatic rings. The van der Waals surface area contributed by atoms with Crippen molar-refractivity contribution < 1.29 is 23.7 Å². The average molecular weight is 477 g/mol. The SMILES string of the molecule is CCOc1ccc([C@@H](CNC(=O)c2cccc(Oc3ccccc3)c2)N2CCOCC2)cc1OC. The Kier molecular flexibility index (Phi) is 8.59. The molecule has 1 heterocycles. The second kappa shape index (κ2) is 12.2. The molecule has 35 heavy (non-hydrogen) atoms. The van der Waals surface area contributed by atoms with E-state index >= 15 is 0 Å². The summed E-state index contributed by atoms with van der Waals surface area (Å²) in [7, 11) is 1.64. The minimum atomic E-state index is -0.153. The molecule has 1 N–H and O–H groups in total. The summed E-state index contributed by atoms with van der Waals surface area (Å²) in [4.78, 5) is 15.4. The number of benzene rings is 3. The summed E-state index contributed by atoms with van der Waals surface area (Å²) >= 11 is 0. The number of ether oxygens (including phenoxy) is 4. The van der Waals surface area contributed by atoms with Crippen molar-refractivity contribution in [3.05, 3.63) is 83.9 Å². The van der Waals surface area contributed by atoms with Crippen LogP contribution in [-0.2, 0) is 4.74 Å². The van der Waals surface area contributed by atoms with Crippen molar-refractivity contribution in [1.29, 1.82) is 0 Å². The fraction of sp³-hybridized carbons (Fsp3) is 0.321. The second-order valence-corrected chi connectivity index (χ2v) is 8.16. The molecule has 1 fully saturated rings. The Morgan fingerprint density at radius 1 is 0.971 bits per heavy atom. The molecule has 1 saturated heterocycles. The molecule has 3 aromatic carbocycles. The van der Waals surface area contributed by atoms with Gasteiger partial charge in [-0.15, -0.1) is 0 Å². The van der Waals surface area contributed by atoms with E-state index in [2.05, 4.69) is 10.2 Å². The highest BCUT2D eigenvalue weighted by Gasteiger charge is 2.24. The van der Waals surface area contributed by atoms with Gasteiger partial charge < -0.3 is 24.3 Å². The molecule has 0 unspecified atom stereocenters. The second-order valence-electron chi connectivity index (χ2n) is 8.16. The Bertz CT molecular complexity index is 1100. The quantitative estimate of drug-likeness (QED) is 0.458. The summed E-state index contributed by atoms with van der Waals surface area (Å²) in [5, 5.41) is 3.11. The first-order valence-corrected chi connectivity index (χ1v) is 11.9. The molecule has 0 bridgehead atoms. The van der Waals surface area contributed by atoms with Crippen LogP contribution in [0.15, 0.2) is 72.8 Å². The molecule has 1 amide bonds. The number of nitrogens with zero attached hydrogens (tertiary/aromatic N) is 1. The number of morpholine rings is 1. The average Bonchev–Trinajstić information content (AvgIpc) is 2.91. The maximum atomic E-state index is 13.1. The minimum Gasteiger partial charge on any atom is -0.493 e. The van der Waals surface area contributed by atoms with Gasteiger partial charge in [0.25, 0.3) is 5.91 Å². The van der Waals surface area contributed by atoms with Crippen LogP contribution in [-0.4, -0.2) is 57.4 Å². The van der Waals surface area contributed by atoms with Crippen molar-refractivity contribution in [2.75, 3.05) is 46.6 Å². The molecule has 4 rings (SSSR count). The van der Waals surface area contributed by atoms with E-state index in [1.54, 1.807) is 19.2 Å². The number of carbonyl (C=O) groups is 1. The third kappa shape index (κ3) is 6.53. The number of methoxy groups -OCH3 is 1. The van der Waals surface area contributed by atoms with Crippen molar-refractivity contribution in [3.8, 4) is 23.0 Å². The van der Waals surface area contributed by atoms with E-state index in [1.165, 1.54) is 0 Å². The van der Waals surface area contributed by atoms with Gasteiger partial charge in [-0.3, -0.25) is 9.69 Å². The topological polar surface area (TPSA) is 69.3 Å². The van der Waals surface area contributed by atoms with Crippen LogP contribution in [0, 0.1) is 0 Å². The van der Waals surface area contributed by atoms with Gasteiger partial charge in [0.1, 0.15) is 11.5 Å². The largest absolute Gasteiger partial charge is 0.493 e. The Hall–Kier alpha value is -3.55. The fourth-order valence-electron chi connectivity index (χ4n) is 4.13. The van der Waals surface area contributed by atoms with Crippen molar-refractivity contribution >= 4 is 5.91 Å². The van der Waals surface area contributed by atoms with Gasteiger partial charge in [-0.1, -0.05) is 30.3 Å². The molecule has 1 aliphatic heterocycles. The van der Waals surface area contributed by atoms with Crippen molar-refractivity contribution in [2.45, 2.75) is 13.0 Å².